The molecule has 2 heterocycles. The van der Waals surface area contributed by atoms with Crippen molar-refractivity contribution in [2.24, 2.45) is 0 Å². The molecule has 1 N–H and O–H groups in total. The second-order valence-corrected chi connectivity index (χ2v) is 5.41. The number of nitrogens with zero attached hydrogens (tertiary/aromatic N) is 2. The number of aromatic nitrogens is 2. The van der Waals surface area contributed by atoms with Crippen LogP contribution in [0.25, 0.3) is 0 Å². The molecule has 0 bridgehead atoms. The van der Waals surface area contributed by atoms with Crippen LogP contribution >= 0.6 is 0 Å². The van der Waals surface area contributed by atoms with Crippen molar-refractivity contribution in [3.05, 3.63) is 47.8 Å². The first-order chi connectivity index (χ1) is 11.6. The molecule has 0 aliphatic carbocycles. The van der Waals surface area contributed by atoms with Gasteiger partial charge in [0.05, 0.1) is 19.6 Å². The predicted octanol–water partition coefficient (Wildman–Crippen LogP) is 2.15. The van der Waals surface area contributed by atoms with Gasteiger partial charge in [0.2, 0.25) is 5.91 Å². The van der Waals surface area contributed by atoms with Gasteiger partial charge in [-0.3, -0.25) is 9.89 Å². The minimum atomic E-state index is -2.87. The van der Waals surface area contributed by atoms with Crippen molar-refractivity contribution in [1.29, 1.82) is 0 Å². The lowest BCUT2D eigenvalue weighted by Crippen LogP contribution is -2.43. The first-order valence-corrected chi connectivity index (χ1v) is 7.54. The fourth-order valence-corrected chi connectivity index (χ4v) is 2.63. The lowest BCUT2D eigenvalue weighted by atomic mass is 10.1. The zero-order valence-corrected chi connectivity index (χ0v) is 12.8. The quantitative estimate of drug-likeness (QED) is 0.908. The van der Waals surface area contributed by atoms with E-state index < -0.39 is 6.61 Å². The number of H-pyrrole nitrogens is 1. The third-order valence-electron chi connectivity index (χ3n) is 3.77. The highest BCUT2D eigenvalue weighted by Crippen LogP contribution is 2.26. The van der Waals surface area contributed by atoms with Crippen LogP contribution in [-0.4, -0.2) is 47.3 Å². The fraction of sp³-hybridized carbons (Fsp3) is 0.375. The number of nitrogens with one attached hydrogen (secondary N) is 1. The molecule has 24 heavy (non-hydrogen) atoms. The second kappa shape index (κ2) is 7.39. The Hall–Kier alpha value is -2.48. The van der Waals surface area contributed by atoms with Crippen LogP contribution in [0.1, 0.15) is 17.4 Å². The van der Waals surface area contributed by atoms with Crippen molar-refractivity contribution in [2.45, 2.75) is 19.1 Å². The van der Waals surface area contributed by atoms with Crippen LogP contribution in [-0.2, 0) is 16.0 Å². The number of amides is 1. The number of ether oxygens (including phenoxy) is 2. The van der Waals surface area contributed by atoms with E-state index in [2.05, 4.69) is 14.9 Å². The molecule has 128 valence electrons. The van der Waals surface area contributed by atoms with Crippen LogP contribution in [0.15, 0.2) is 36.5 Å². The van der Waals surface area contributed by atoms with E-state index in [0.29, 0.717) is 25.3 Å². The number of morpholine rings is 1. The highest BCUT2D eigenvalue weighted by molar-refractivity contribution is 5.78. The maximum atomic E-state index is 12.4. The molecule has 0 unspecified atom stereocenters. The number of alkyl halides is 2. The molecule has 1 aromatic heterocycles. The minimum absolute atomic E-state index is 0.0347. The van der Waals surface area contributed by atoms with Gasteiger partial charge in [0.25, 0.3) is 0 Å². The Labute approximate surface area is 137 Å². The average Bonchev–Trinajstić information content (AvgIpc) is 3.07. The van der Waals surface area contributed by atoms with E-state index >= 15 is 0 Å². The van der Waals surface area contributed by atoms with E-state index in [1.807, 2.05) is 0 Å². The molecule has 8 heteroatoms. The summed E-state index contributed by atoms with van der Waals surface area (Å²) in [5.41, 5.74) is 1.45. The number of hydrogen-bond acceptors (Lipinski definition) is 4. The van der Waals surface area contributed by atoms with E-state index in [1.165, 1.54) is 12.1 Å². The van der Waals surface area contributed by atoms with Gasteiger partial charge in [-0.2, -0.15) is 13.9 Å². The first kappa shape index (κ1) is 16.4. The topological polar surface area (TPSA) is 67.5 Å². The van der Waals surface area contributed by atoms with Gasteiger partial charge in [0.15, 0.2) is 0 Å². The molecule has 1 aliphatic heterocycles. The fourth-order valence-electron chi connectivity index (χ4n) is 2.63. The Morgan fingerprint density at radius 2 is 2.33 bits per heavy atom. The molecule has 0 radical (unpaired) electrons. The number of aromatic amines is 1. The minimum Gasteiger partial charge on any atom is -0.435 e. The molecule has 1 aromatic carbocycles. The second-order valence-electron chi connectivity index (χ2n) is 5.41. The summed E-state index contributed by atoms with van der Waals surface area (Å²) in [5, 5.41) is 6.58. The highest BCUT2D eigenvalue weighted by Gasteiger charge is 2.26. The molecule has 6 nitrogen and oxygen atoms in total. The van der Waals surface area contributed by atoms with Crippen LogP contribution in [0.3, 0.4) is 0 Å². The van der Waals surface area contributed by atoms with Gasteiger partial charge in [0, 0.05) is 18.4 Å². The highest BCUT2D eigenvalue weighted by atomic mass is 19.3. The summed E-state index contributed by atoms with van der Waals surface area (Å²) >= 11 is 0. The SMILES string of the molecule is O=C(Cc1ccn[nH]1)N1CCO[C@@H](c2cccc(OC(F)F)c2)C1. The summed E-state index contributed by atoms with van der Waals surface area (Å²) in [4.78, 5) is 14.1. The Bertz CT molecular complexity index is 679. The largest absolute Gasteiger partial charge is 0.435 e. The summed E-state index contributed by atoms with van der Waals surface area (Å²) in [6.45, 7) is -1.62. The van der Waals surface area contributed by atoms with Gasteiger partial charge >= 0.3 is 6.61 Å². The average molecular weight is 337 g/mol. The molecule has 1 amide bonds. The van der Waals surface area contributed by atoms with Crippen LogP contribution in [0.2, 0.25) is 0 Å². The van der Waals surface area contributed by atoms with Crippen molar-refractivity contribution in [3.8, 4) is 5.75 Å². The van der Waals surface area contributed by atoms with Gasteiger partial charge < -0.3 is 14.4 Å². The summed E-state index contributed by atoms with van der Waals surface area (Å²) < 4.78 is 34.7. The number of benzene rings is 1. The Balaban J connectivity index is 1.65. The molecular formula is C16H17F2N3O3. The van der Waals surface area contributed by atoms with Gasteiger partial charge in [-0.1, -0.05) is 12.1 Å². The van der Waals surface area contributed by atoms with Crippen LogP contribution < -0.4 is 4.74 Å². The molecule has 1 fully saturated rings. The van der Waals surface area contributed by atoms with Gasteiger partial charge in [-0.15, -0.1) is 0 Å². The first-order valence-electron chi connectivity index (χ1n) is 7.54. The van der Waals surface area contributed by atoms with Crippen LogP contribution in [0.5, 0.6) is 5.75 Å². The number of hydrogen-bond donors (Lipinski definition) is 1. The van der Waals surface area contributed by atoms with Crippen LogP contribution in [0, 0.1) is 0 Å². The summed E-state index contributed by atoms with van der Waals surface area (Å²) in [6.07, 6.45) is 1.46. The lowest BCUT2D eigenvalue weighted by Gasteiger charge is -2.33. The van der Waals surface area contributed by atoms with Crippen molar-refractivity contribution in [3.63, 3.8) is 0 Å². The van der Waals surface area contributed by atoms with Gasteiger partial charge in [0.1, 0.15) is 11.9 Å². The molecule has 1 atom stereocenters. The monoisotopic (exact) mass is 337 g/mol. The molecule has 0 spiro atoms. The third kappa shape index (κ3) is 4.08. The third-order valence-corrected chi connectivity index (χ3v) is 3.77. The molecule has 2 aromatic rings. The van der Waals surface area contributed by atoms with Gasteiger partial charge in [-0.05, 0) is 23.8 Å². The number of rotatable bonds is 5. The van der Waals surface area contributed by atoms with Crippen molar-refractivity contribution in [2.75, 3.05) is 19.7 Å². The summed E-state index contributed by atoms with van der Waals surface area (Å²) in [5.74, 6) is 0.0412. The Morgan fingerprint density at radius 3 is 3.08 bits per heavy atom. The molecule has 0 saturated carbocycles. The number of halogens is 2. The number of carbonyl (C=O) groups is 1. The number of carbonyl (C=O) groups excluding carboxylic acids is 1. The normalized spacial score (nSPS) is 18.0. The van der Waals surface area contributed by atoms with Crippen molar-refractivity contribution < 1.29 is 23.0 Å². The zero-order valence-electron chi connectivity index (χ0n) is 12.8. The van der Waals surface area contributed by atoms with E-state index in [-0.39, 0.29) is 24.2 Å². The predicted molar refractivity (Wildman–Crippen MR) is 80.6 cm³/mol. The maximum Gasteiger partial charge on any atom is 0.387 e. The molecule has 1 saturated heterocycles. The summed E-state index contributed by atoms with van der Waals surface area (Å²) in [6, 6.07) is 8.12. The van der Waals surface area contributed by atoms with Crippen molar-refractivity contribution >= 4 is 5.91 Å². The Kier molecular flexibility index (Phi) is 5.05. The van der Waals surface area contributed by atoms with E-state index in [1.54, 1.807) is 29.3 Å². The van der Waals surface area contributed by atoms with Gasteiger partial charge in [-0.25, -0.2) is 0 Å². The van der Waals surface area contributed by atoms with E-state index in [4.69, 9.17) is 4.74 Å². The standard InChI is InChI=1S/C16H17F2N3O3/c17-16(18)24-13-3-1-2-11(8-13)14-10-21(6-7-23-14)15(22)9-12-4-5-19-20-12/h1-5,8,14,16H,6-7,9-10H2,(H,19,20)/t14-/m1/s1. The summed E-state index contributed by atoms with van der Waals surface area (Å²) in [7, 11) is 0. The molecule has 1 aliphatic rings. The smallest absolute Gasteiger partial charge is 0.387 e. The maximum absolute atomic E-state index is 12.4. The van der Waals surface area contributed by atoms with E-state index in [9.17, 15) is 13.6 Å². The molecule has 3 rings (SSSR count). The molecular weight excluding hydrogens is 320 g/mol. The van der Waals surface area contributed by atoms with Crippen molar-refractivity contribution in [1.82, 2.24) is 15.1 Å². The zero-order chi connectivity index (χ0) is 16.9. The van der Waals surface area contributed by atoms with Crippen LogP contribution in [0.4, 0.5) is 8.78 Å². The lowest BCUT2D eigenvalue weighted by molar-refractivity contribution is -0.138. The van der Waals surface area contributed by atoms with E-state index in [0.717, 1.165) is 5.69 Å². The Morgan fingerprint density at radius 1 is 1.46 bits per heavy atom.